The van der Waals surface area contributed by atoms with Gasteiger partial charge in [0.15, 0.2) is 5.78 Å². The fraction of sp³-hybridized carbons (Fsp3) is 0.625. The van der Waals surface area contributed by atoms with Crippen molar-refractivity contribution >= 4 is 11.8 Å². The Kier molecular flexibility index (Phi) is 6.00. The summed E-state index contributed by atoms with van der Waals surface area (Å²) in [6.07, 6.45) is 7.42. The second kappa shape index (κ2) is 7.27. The molecule has 0 radical (unpaired) electrons. The lowest BCUT2D eigenvalue weighted by Crippen LogP contribution is -2.23. The highest BCUT2D eigenvalue weighted by Crippen LogP contribution is 2.29. The van der Waals surface area contributed by atoms with Crippen LogP contribution in [0.4, 0.5) is 0 Å². The van der Waals surface area contributed by atoms with E-state index in [-0.39, 0.29) is 17.7 Å². The molecule has 0 saturated heterocycles. The van der Waals surface area contributed by atoms with E-state index < -0.39 is 0 Å². The lowest BCUT2D eigenvalue weighted by Gasteiger charge is -2.25. The highest BCUT2D eigenvalue weighted by atomic mass is 16.5. The quantitative estimate of drug-likeness (QED) is 0.564. The van der Waals surface area contributed by atoms with E-state index in [9.17, 15) is 9.59 Å². The average molecular weight is 264 g/mol. The van der Waals surface area contributed by atoms with E-state index in [0.29, 0.717) is 11.5 Å². The molecular weight excluding hydrogens is 240 g/mol. The first-order valence-electron chi connectivity index (χ1n) is 6.91. The van der Waals surface area contributed by atoms with Gasteiger partial charge in [-0.05, 0) is 51.5 Å². The highest BCUT2D eigenvalue weighted by molar-refractivity contribution is 5.93. The van der Waals surface area contributed by atoms with Crippen LogP contribution in [0.2, 0.25) is 0 Å². The fourth-order valence-electron chi connectivity index (χ4n) is 2.52. The third-order valence-corrected chi connectivity index (χ3v) is 3.87. The van der Waals surface area contributed by atoms with Crippen molar-refractivity contribution in [3.8, 4) is 0 Å². The molecule has 106 valence electrons. The summed E-state index contributed by atoms with van der Waals surface area (Å²) in [4.78, 5) is 23.2. The number of carbonyl (C=O) groups is 2. The van der Waals surface area contributed by atoms with Crippen molar-refractivity contribution in [2.75, 3.05) is 7.11 Å². The molecule has 0 saturated carbocycles. The molecule has 3 heteroatoms. The van der Waals surface area contributed by atoms with Gasteiger partial charge in [-0.15, -0.1) is 0 Å². The largest absolute Gasteiger partial charge is 0.466 e. The maximum Gasteiger partial charge on any atom is 0.333 e. The molecule has 0 bridgehead atoms. The molecule has 2 unspecified atom stereocenters. The van der Waals surface area contributed by atoms with E-state index in [0.717, 1.165) is 25.7 Å². The lowest BCUT2D eigenvalue weighted by atomic mass is 9.79. The van der Waals surface area contributed by atoms with Crippen LogP contribution < -0.4 is 0 Å². The van der Waals surface area contributed by atoms with Crippen LogP contribution >= 0.6 is 0 Å². The molecule has 1 rings (SSSR count). The third-order valence-electron chi connectivity index (χ3n) is 3.87. The standard InChI is InChI=1S/C16H24O3/c1-11-8-9-14(15(17)10-11)12(2)6-5-7-13(3)16(18)19-4/h7,10,12,14H,5-6,8-9H2,1-4H3. The number of allylic oxidation sites excluding steroid dienone is 3. The molecule has 1 aliphatic rings. The molecule has 19 heavy (non-hydrogen) atoms. The molecule has 0 aromatic rings. The zero-order valence-corrected chi connectivity index (χ0v) is 12.4. The monoisotopic (exact) mass is 264 g/mol. The van der Waals surface area contributed by atoms with Gasteiger partial charge in [-0.25, -0.2) is 4.79 Å². The summed E-state index contributed by atoms with van der Waals surface area (Å²) in [6, 6.07) is 0. The minimum atomic E-state index is -0.278. The molecule has 0 fully saturated rings. The van der Waals surface area contributed by atoms with Crippen molar-refractivity contribution in [3.63, 3.8) is 0 Å². The van der Waals surface area contributed by atoms with Gasteiger partial charge < -0.3 is 4.74 Å². The Hall–Kier alpha value is -1.38. The van der Waals surface area contributed by atoms with Crippen molar-refractivity contribution in [1.82, 2.24) is 0 Å². The Morgan fingerprint density at radius 1 is 1.58 bits per heavy atom. The van der Waals surface area contributed by atoms with E-state index in [4.69, 9.17) is 0 Å². The SMILES string of the molecule is COC(=O)C(C)=CCCC(C)C1CCC(C)=CC1=O. The number of ketones is 1. The molecule has 2 atom stereocenters. The van der Waals surface area contributed by atoms with Gasteiger partial charge in [0, 0.05) is 11.5 Å². The minimum absolute atomic E-state index is 0.149. The second-order valence-electron chi connectivity index (χ2n) is 5.47. The first-order chi connectivity index (χ1) is 8.95. The lowest BCUT2D eigenvalue weighted by molar-refractivity contribution is -0.136. The summed E-state index contributed by atoms with van der Waals surface area (Å²) in [5.41, 5.74) is 1.83. The molecule has 0 spiro atoms. The molecule has 0 aromatic heterocycles. The summed E-state index contributed by atoms with van der Waals surface area (Å²) < 4.78 is 4.65. The van der Waals surface area contributed by atoms with Crippen molar-refractivity contribution < 1.29 is 14.3 Å². The van der Waals surface area contributed by atoms with Crippen molar-refractivity contribution in [2.24, 2.45) is 11.8 Å². The Morgan fingerprint density at radius 3 is 2.84 bits per heavy atom. The molecule has 0 amide bonds. The minimum Gasteiger partial charge on any atom is -0.466 e. The summed E-state index contributed by atoms with van der Waals surface area (Å²) in [7, 11) is 1.39. The first-order valence-corrected chi connectivity index (χ1v) is 6.91. The zero-order chi connectivity index (χ0) is 14.4. The predicted octanol–water partition coefficient (Wildman–Crippen LogP) is 3.45. The second-order valence-corrected chi connectivity index (χ2v) is 5.47. The Labute approximate surface area is 115 Å². The van der Waals surface area contributed by atoms with Crippen molar-refractivity contribution in [2.45, 2.75) is 46.5 Å². The van der Waals surface area contributed by atoms with Crippen LogP contribution in [-0.4, -0.2) is 18.9 Å². The smallest absolute Gasteiger partial charge is 0.333 e. The number of ether oxygens (including phenoxy) is 1. The number of methoxy groups -OCH3 is 1. The van der Waals surface area contributed by atoms with Crippen LogP contribution in [0, 0.1) is 11.8 Å². The normalized spacial score (nSPS) is 21.9. The van der Waals surface area contributed by atoms with Gasteiger partial charge in [-0.2, -0.15) is 0 Å². The maximum absolute atomic E-state index is 11.9. The van der Waals surface area contributed by atoms with E-state index in [2.05, 4.69) is 11.7 Å². The van der Waals surface area contributed by atoms with Crippen LogP contribution in [-0.2, 0) is 14.3 Å². The summed E-state index contributed by atoms with van der Waals surface area (Å²) in [5, 5.41) is 0. The number of rotatable bonds is 5. The molecule has 0 N–H and O–H groups in total. The molecule has 1 aliphatic carbocycles. The highest BCUT2D eigenvalue weighted by Gasteiger charge is 2.25. The Balaban J connectivity index is 2.46. The maximum atomic E-state index is 11.9. The molecular formula is C16H24O3. The molecule has 3 nitrogen and oxygen atoms in total. The van der Waals surface area contributed by atoms with Gasteiger partial charge in [0.05, 0.1) is 7.11 Å². The number of carbonyl (C=O) groups excluding carboxylic acids is 2. The van der Waals surface area contributed by atoms with Gasteiger partial charge in [-0.1, -0.05) is 18.6 Å². The summed E-state index contributed by atoms with van der Waals surface area (Å²) in [5.74, 6) is 0.499. The number of hydrogen-bond acceptors (Lipinski definition) is 3. The van der Waals surface area contributed by atoms with E-state index in [1.54, 1.807) is 13.0 Å². The van der Waals surface area contributed by atoms with Crippen molar-refractivity contribution in [1.29, 1.82) is 0 Å². The fourth-order valence-corrected chi connectivity index (χ4v) is 2.52. The van der Waals surface area contributed by atoms with Crippen LogP contribution in [0.25, 0.3) is 0 Å². The molecule has 0 aliphatic heterocycles. The summed E-state index contributed by atoms with van der Waals surface area (Å²) in [6.45, 7) is 5.90. The number of hydrogen-bond donors (Lipinski definition) is 0. The van der Waals surface area contributed by atoms with Gasteiger partial charge in [0.1, 0.15) is 0 Å². The van der Waals surface area contributed by atoms with Crippen LogP contribution in [0.5, 0.6) is 0 Å². The molecule has 0 heterocycles. The van der Waals surface area contributed by atoms with E-state index in [1.807, 2.05) is 13.0 Å². The third kappa shape index (κ3) is 4.66. The Morgan fingerprint density at radius 2 is 2.26 bits per heavy atom. The van der Waals surface area contributed by atoms with E-state index >= 15 is 0 Å². The summed E-state index contributed by atoms with van der Waals surface area (Å²) >= 11 is 0. The van der Waals surface area contributed by atoms with Crippen LogP contribution in [0.15, 0.2) is 23.3 Å². The molecule has 0 aromatic carbocycles. The predicted molar refractivity (Wildman–Crippen MR) is 75.7 cm³/mol. The van der Waals surface area contributed by atoms with Gasteiger partial charge in [0.2, 0.25) is 0 Å². The first kappa shape index (κ1) is 15.7. The topological polar surface area (TPSA) is 43.4 Å². The Bertz CT molecular complexity index is 404. The van der Waals surface area contributed by atoms with E-state index in [1.165, 1.54) is 12.7 Å². The number of esters is 1. The van der Waals surface area contributed by atoms with Gasteiger partial charge >= 0.3 is 5.97 Å². The zero-order valence-electron chi connectivity index (χ0n) is 12.4. The van der Waals surface area contributed by atoms with Gasteiger partial charge in [0.25, 0.3) is 0 Å². The van der Waals surface area contributed by atoms with Gasteiger partial charge in [-0.3, -0.25) is 4.79 Å². The van der Waals surface area contributed by atoms with Crippen LogP contribution in [0.3, 0.4) is 0 Å². The average Bonchev–Trinajstić information content (AvgIpc) is 2.37. The van der Waals surface area contributed by atoms with Crippen LogP contribution in [0.1, 0.15) is 46.5 Å². The van der Waals surface area contributed by atoms with Crippen molar-refractivity contribution in [3.05, 3.63) is 23.3 Å².